The fourth-order valence-electron chi connectivity index (χ4n) is 2.74. The highest BCUT2D eigenvalue weighted by atomic mass is 79.9. The van der Waals surface area contributed by atoms with Crippen molar-refractivity contribution in [3.63, 3.8) is 0 Å². The minimum Gasteiger partial charge on any atom is -0.376 e. The zero-order chi connectivity index (χ0) is 14.2. The smallest absolute Gasteiger partial charge is 0.0727 e. The number of hydrogen-bond acceptors (Lipinski definition) is 2. The van der Waals surface area contributed by atoms with Crippen LogP contribution < -0.4 is 5.32 Å². The van der Waals surface area contributed by atoms with Gasteiger partial charge < -0.3 is 10.1 Å². The molecular formula is C17H26BrNO. The van der Waals surface area contributed by atoms with E-state index in [1.54, 1.807) is 0 Å². The molecule has 3 heteroatoms. The second kappa shape index (κ2) is 8.81. The van der Waals surface area contributed by atoms with Crippen molar-refractivity contribution < 1.29 is 4.74 Å². The first kappa shape index (κ1) is 16.0. The summed E-state index contributed by atoms with van der Waals surface area (Å²) in [4.78, 5) is 0. The monoisotopic (exact) mass is 339 g/mol. The van der Waals surface area contributed by atoms with Crippen molar-refractivity contribution in [3.8, 4) is 0 Å². The van der Waals surface area contributed by atoms with Gasteiger partial charge in [-0.25, -0.2) is 0 Å². The molecule has 0 saturated heterocycles. The Hall–Kier alpha value is -0.380. The Morgan fingerprint density at radius 2 is 2.10 bits per heavy atom. The van der Waals surface area contributed by atoms with Gasteiger partial charge in [-0.2, -0.15) is 0 Å². The Labute approximate surface area is 131 Å². The number of hydrogen-bond donors (Lipinski definition) is 1. The van der Waals surface area contributed by atoms with Crippen molar-refractivity contribution >= 4 is 15.9 Å². The van der Waals surface area contributed by atoms with Crippen molar-refractivity contribution in [2.75, 3.05) is 13.2 Å². The van der Waals surface area contributed by atoms with Gasteiger partial charge in [-0.3, -0.25) is 0 Å². The molecule has 0 radical (unpaired) electrons. The van der Waals surface area contributed by atoms with E-state index in [1.165, 1.54) is 47.7 Å². The van der Waals surface area contributed by atoms with E-state index < -0.39 is 0 Å². The van der Waals surface area contributed by atoms with Crippen molar-refractivity contribution in [2.24, 2.45) is 5.92 Å². The van der Waals surface area contributed by atoms with Gasteiger partial charge in [-0.05, 0) is 48.9 Å². The van der Waals surface area contributed by atoms with Crippen molar-refractivity contribution in [1.29, 1.82) is 0 Å². The fraction of sp³-hybridized carbons (Fsp3) is 0.647. The van der Waals surface area contributed by atoms with Gasteiger partial charge in [0.25, 0.3) is 0 Å². The Kier molecular flexibility index (Phi) is 7.05. The van der Waals surface area contributed by atoms with Crippen LogP contribution in [-0.2, 0) is 17.9 Å². The van der Waals surface area contributed by atoms with Crippen LogP contribution in [0.25, 0.3) is 0 Å². The molecule has 112 valence electrons. The SMILES string of the molecule is CCCNCc1ccc(COCC2CCCC2)c(Br)c1. The molecule has 1 saturated carbocycles. The van der Waals surface area contributed by atoms with Gasteiger partial charge in [-0.15, -0.1) is 0 Å². The molecule has 0 aromatic heterocycles. The van der Waals surface area contributed by atoms with E-state index in [0.29, 0.717) is 0 Å². The lowest BCUT2D eigenvalue weighted by Gasteiger charge is -2.12. The third-order valence-electron chi connectivity index (χ3n) is 3.96. The molecule has 1 aromatic rings. The van der Waals surface area contributed by atoms with Gasteiger partial charge in [0, 0.05) is 17.6 Å². The Morgan fingerprint density at radius 3 is 2.80 bits per heavy atom. The third kappa shape index (κ3) is 5.19. The molecule has 1 aliphatic carbocycles. The van der Waals surface area contributed by atoms with Crippen molar-refractivity contribution in [1.82, 2.24) is 5.32 Å². The lowest BCUT2D eigenvalue weighted by molar-refractivity contribution is 0.0885. The van der Waals surface area contributed by atoms with Gasteiger partial charge in [0.2, 0.25) is 0 Å². The second-order valence-corrected chi connectivity index (χ2v) is 6.62. The van der Waals surface area contributed by atoms with Gasteiger partial charge in [0.15, 0.2) is 0 Å². The topological polar surface area (TPSA) is 21.3 Å². The van der Waals surface area contributed by atoms with Crippen molar-refractivity contribution in [3.05, 3.63) is 33.8 Å². The molecular weight excluding hydrogens is 314 g/mol. The highest BCUT2D eigenvalue weighted by molar-refractivity contribution is 9.10. The average molecular weight is 340 g/mol. The highest BCUT2D eigenvalue weighted by Crippen LogP contribution is 2.26. The maximum absolute atomic E-state index is 5.88. The first-order valence-electron chi connectivity index (χ1n) is 7.85. The lowest BCUT2D eigenvalue weighted by atomic mass is 10.1. The van der Waals surface area contributed by atoms with Crippen LogP contribution in [0.5, 0.6) is 0 Å². The zero-order valence-corrected chi connectivity index (χ0v) is 14.0. The summed E-state index contributed by atoms with van der Waals surface area (Å²) >= 11 is 3.66. The summed E-state index contributed by atoms with van der Waals surface area (Å²) in [6.07, 6.45) is 6.65. The quantitative estimate of drug-likeness (QED) is 0.695. The Bertz CT molecular complexity index is 402. The Balaban J connectivity index is 1.76. The first-order chi connectivity index (χ1) is 9.79. The summed E-state index contributed by atoms with van der Waals surface area (Å²) < 4.78 is 7.04. The molecule has 2 rings (SSSR count). The fourth-order valence-corrected chi connectivity index (χ4v) is 3.28. The van der Waals surface area contributed by atoms with E-state index in [1.807, 2.05) is 0 Å². The second-order valence-electron chi connectivity index (χ2n) is 5.77. The molecule has 20 heavy (non-hydrogen) atoms. The lowest BCUT2D eigenvalue weighted by Crippen LogP contribution is -2.13. The molecule has 0 atom stereocenters. The van der Waals surface area contributed by atoms with Gasteiger partial charge in [-0.1, -0.05) is 47.8 Å². The number of benzene rings is 1. The molecule has 0 bridgehead atoms. The van der Waals surface area contributed by atoms with Crippen LogP contribution in [0.4, 0.5) is 0 Å². The maximum Gasteiger partial charge on any atom is 0.0727 e. The molecule has 1 aromatic carbocycles. The first-order valence-corrected chi connectivity index (χ1v) is 8.64. The van der Waals surface area contributed by atoms with Crippen LogP contribution in [-0.4, -0.2) is 13.2 Å². The third-order valence-corrected chi connectivity index (χ3v) is 4.70. The predicted molar refractivity (Wildman–Crippen MR) is 87.8 cm³/mol. The van der Waals surface area contributed by atoms with E-state index in [0.717, 1.165) is 32.2 Å². The van der Waals surface area contributed by atoms with Crippen LogP contribution >= 0.6 is 15.9 Å². The molecule has 0 amide bonds. The molecule has 0 unspecified atom stereocenters. The van der Waals surface area contributed by atoms with Crippen LogP contribution in [0.15, 0.2) is 22.7 Å². The normalized spacial score (nSPS) is 15.9. The molecule has 0 heterocycles. The summed E-state index contributed by atoms with van der Waals surface area (Å²) in [6.45, 7) is 5.85. The summed E-state index contributed by atoms with van der Waals surface area (Å²) in [5.41, 5.74) is 2.58. The summed E-state index contributed by atoms with van der Waals surface area (Å²) in [7, 11) is 0. The molecule has 1 fully saturated rings. The van der Waals surface area contributed by atoms with E-state index >= 15 is 0 Å². The zero-order valence-electron chi connectivity index (χ0n) is 12.5. The van der Waals surface area contributed by atoms with Crippen LogP contribution in [0, 0.1) is 5.92 Å². The van der Waals surface area contributed by atoms with E-state index in [9.17, 15) is 0 Å². The van der Waals surface area contributed by atoms with Crippen LogP contribution in [0.2, 0.25) is 0 Å². The summed E-state index contributed by atoms with van der Waals surface area (Å²) in [6, 6.07) is 6.58. The van der Waals surface area contributed by atoms with Crippen LogP contribution in [0.3, 0.4) is 0 Å². The summed E-state index contributed by atoms with van der Waals surface area (Å²) in [5, 5.41) is 3.43. The van der Waals surface area contributed by atoms with E-state index in [2.05, 4.69) is 46.4 Å². The maximum atomic E-state index is 5.88. The molecule has 1 N–H and O–H groups in total. The van der Waals surface area contributed by atoms with Crippen LogP contribution in [0.1, 0.15) is 50.2 Å². The minimum absolute atomic E-state index is 0.722. The van der Waals surface area contributed by atoms with Gasteiger partial charge >= 0.3 is 0 Å². The number of nitrogens with one attached hydrogen (secondary N) is 1. The predicted octanol–water partition coefficient (Wildman–Crippen LogP) is 4.66. The number of halogens is 1. The van der Waals surface area contributed by atoms with Gasteiger partial charge in [0.1, 0.15) is 0 Å². The highest BCUT2D eigenvalue weighted by Gasteiger charge is 2.15. The van der Waals surface area contributed by atoms with Crippen molar-refractivity contribution in [2.45, 2.75) is 52.2 Å². The van der Waals surface area contributed by atoms with E-state index in [-0.39, 0.29) is 0 Å². The minimum atomic E-state index is 0.722. The van der Waals surface area contributed by atoms with E-state index in [4.69, 9.17) is 4.74 Å². The number of ether oxygens (including phenoxy) is 1. The molecule has 2 nitrogen and oxygen atoms in total. The average Bonchev–Trinajstić information content (AvgIpc) is 2.95. The standard InChI is InChI=1S/C17H26BrNO/c1-2-9-19-11-15-7-8-16(17(18)10-15)13-20-12-14-5-3-4-6-14/h7-8,10,14,19H,2-6,9,11-13H2,1H3. The molecule has 0 aliphatic heterocycles. The Morgan fingerprint density at radius 1 is 1.30 bits per heavy atom. The number of rotatable bonds is 8. The largest absolute Gasteiger partial charge is 0.376 e. The molecule has 1 aliphatic rings. The molecule has 0 spiro atoms. The van der Waals surface area contributed by atoms with Gasteiger partial charge in [0.05, 0.1) is 6.61 Å². The summed E-state index contributed by atoms with van der Waals surface area (Å²) in [5.74, 6) is 0.797.